The zero-order valence-electron chi connectivity index (χ0n) is 12.0. The predicted octanol–water partition coefficient (Wildman–Crippen LogP) is 2.34. The van der Waals surface area contributed by atoms with E-state index >= 15 is 0 Å². The number of nitrogens with zero attached hydrogens (tertiary/aromatic N) is 1. The van der Waals surface area contributed by atoms with Crippen LogP contribution < -0.4 is 10.5 Å². The van der Waals surface area contributed by atoms with Crippen molar-refractivity contribution in [3.8, 4) is 0 Å². The second-order valence-corrected chi connectivity index (χ2v) is 7.58. The summed E-state index contributed by atoms with van der Waals surface area (Å²) in [7, 11) is -2.11. The Hall–Kier alpha value is -1.57. The van der Waals surface area contributed by atoms with E-state index in [0.29, 0.717) is 10.6 Å². The lowest BCUT2D eigenvalue weighted by atomic mass is 10.3. The van der Waals surface area contributed by atoms with Gasteiger partial charge < -0.3 is 5.73 Å². The second kappa shape index (κ2) is 6.05. The molecule has 0 radical (unpaired) electrons. The number of anilines is 1. The van der Waals surface area contributed by atoms with Crippen LogP contribution in [0.4, 0.5) is 5.69 Å². The van der Waals surface area contributed by atoms with Gasteiger partial charge in [-0.05, 0) is 56.8 Å². The Kier molecular flexibility index (Phi) is 4.55. The Bertz CT molecular complexity index is 754. The van der Waals surface area contributed by atoms with E-state index < -0.39 is 10.0 Å². The first kappa shape index (κ1) is 15.8. The number of nitrogen functional groups attached to an aromatic ring is 1. The number of rotatable bonds is 4. The lowest BCUT2D eigenvalue weighted by Crippen LogP contribution is -2.18. The number of hydrogen-bond acceptors (Lipinski definition) is 5. The fourth-order valence-electron chi connectivity index (χ4n) is 1.86. The van der Waals surface area contributed by atoms with Crippen molar-refractivity contribution in [3.05, 3.63) is 41.6 Å². The highest BCUT2D eigenvalue weighted by Crippen LogP contribution is 2.33. The van der Waals surface area contributed by atoms with E-state index in [1.54, 1.807) is 12.1 Å². The molecular weight excluding hydrogens is 306 g/mol. The molecule has 21 heavy (non-hydrogen) atoms. The number of aromatic nitrogens is 1. The third kappa shape index (κ3) is 3.75. The average molecular weight is 323 g/mol. The van der Waals surface area contributed by atoms with Crippen LogP contribution in [-0.2, 0) is 10.0 Å². The molecule has 1 heterocycles. The molecule has 0 spiro atoms. The van der Waals surface area contributed by atoms with Gasteiger partial charge in [-0.3, -0.25) is 0 Å². The van der Waals surface area contributed by atoms with Crippen LogP contribution in [0.1, 0.15) is 11.3 Å². The average Bonchev–Trinajstić information content (AvgIpc) is 2.40. The van der Waals surface area contributed by atoms with Crippen molar-refractivity contribution in [1.29, 1.82) is 0 Å². The summed E-state index contributed by atoms with van der Waals surface area (Å²) in [6, 6.07) is 8.56. The summed E-state index contributed by atoms with van der Waals surface area (Å²) < 4.78 is 26.0. The first-order valence-electron chi connectivity index (χ1n) is 6.28. The fourth-order valence-corrected chi connectivity index (χ4v) is 3.72. The lowest BCUT2D eigenvalue weighted by molar-refractivity contribution is 0.588. The molecule has 0 saturated heterocycles. The van der Waals surface area contributed by atoms with Crippen LogP contribution in [0, 0.1) is 13.8 Å². The van der Waals surface area contributed by atoms with Gasteiger partial charge in [0.2, 0.25) is 10.0 Å². The van der Waals surface area contributed by atoms with Crippen molar-refractivity contribution in [2.45, 2.75) is 28.7 Å². The van der Waals surface area contributed by atoms with Crippen LogP contribution >= 0.6 is 11.8 Å². The normalized spacial score (nSPS) is 11.6. The van der Waals surface area contributed by atoms with Crippen molar-refractivity contribution in [3.63, 3.8) is 0 Å². The molecule has 0 saturated carbocycles. The van der Waals surface area contributed by atoms with Crippen LogP contribution in [0.2, 0.25) is 0 Å². The number of aryl methyl sites for hydroxylation is 2. The molecule has 0 aliphatic heterocycles. The van der Waals surface area contributed by atoms with E-state index in [0.717, 1.165) is 16.3 Å². The molecular formula is C14H17N3O2S2. The molecule has 2 aromatic rings. The van der Waals surface area contributed by atoms with Gasteiger partial charge >= 0.3 is 0 Å². The molecule has 0 aliphatic carbocycles. The van der Waals surface area contributed by atoms with Crippen LogP contribution in [0.15, 0.2) is 45.1 Å². The smallest absolute Gasteiger partial charge is 0.240 e. The van der Waals surface area contributed by atoms with E-state index in [2.05, 4.69) is 9.71 Å². The lowest BCUT2D eigenvalue weighted by Gasteiger charge is -2.09. The van der Waals surface area contributed by atoms with Crippen LogP contribution in [0.5, 0.6) is 0 Å². The van der Waals surface area contributed by atoms with Crippen LogP contribution in [0.3, 0.4) is 0 Å². The van der Waals surface area contributed by atoms with Gasteiger partial charge in [-0.15, -0.1) is 0 Å². The molecule has 7 heteroatoms. The zero-order chi connectivity index (χ0) is 15.6. The first-order chi connectivity index (χ1) is 9.81. The van der Waals surface area contributed by atoms with Crippen molar-refractivity contribution in [2.75, 3.05) is 12.8 Å². The molecule has 5 nitrogen and oxygen atoms in total. The monoisotopic (exact) mass is 323 g/mol. The first-order valence-corrected chi connectivity index (χ1v) is 8.58. The van der Waals surface area contributed by atoms with E-state index in [-0.39, 0.29) is 4.90 Å². The number of nitrogens with one attached hydrogen (secondary N) is 1. The molecule has 0 aliphatic rings. The minimum atomic E-state index is -3.49. The minimum absolute atomic E-state index is 0.186. The summed E-state index contributed by atoms with van der Waals surface area (Å²) in [5.41, 5.74) is 8.47. The largest absolute Gasteiger partial charge is 0.398 e. The minimum Gasteiger partial charge on any atom is -0.398 e. The van der Waals surface area contributed by atoms with Crippen molar-refractivity contribution in [2.24, 2.45) is 0 Å². The maximum atomic E-state index is 11.8. The Balaban J connectivity index is 2.42. The number of hydrogen-bond donors (Lipinski definition) is 2. The van der Waals surface area contributed by atoms with Gasteiger partial charge in [0.25, 0.3) is 0 Å². The van der Waals surface area contributed by atoms with E-state index in [4.69, 9.17) is 5.73 Å². The number of pyridine rings is 1. The number of benzene rings is 1. The summed E-state index contributed by atoms with van der Waals surface area (Å²) in [6.45, 7) is 3.91. The highest BCUT2D eigenvalue weighted by molar-refractivity contribution is 7.99. The van der Waals surface area contributed by atoms with Gasteiger partial charge in [-0.25, -0.2) is 18.1 Å². The Morgan fingerprint density at radius 2 is 1.90 bits per heavy atom. The maximum absolute atomic E-state index is 11.8. The number of nitrogens with two attached hydrogens (primary N) is 1. The number of sulfonamides is 1. The van der Waals surface area contributed by atoms with Gasteiger partial charge in [0, 0.05) is 16.3 Å². The summed E-state index contributed by atoms with van der Waals surface area (Å²) in [4.78, 5) is 5.28. The summed E-state index contributed by atoms with van der Waals surface area (Å²) in [5.74, 6) is 0. The standard InChI is InChI=1S/C14H17N3O2S2/c1-9-6-10(2)17-14(7-9)20-13-8-11(4-5-12(13)15)21(18,19)16-3/h4-8,16H,15H2,1-3H3. The van der Waals surface area contributed by atoms with Gasteiger partial charge in [-0.1, -0.05) is 11.8 Å². The fraction of sp³-hybridized carbons (Fsp3) is 0.214. The molecule has 0 bridgehead atoms. The van der Waals surface area contributed by atoms with Gasteiger partial charge in [0.15, 0.2) is 0 Å². The van der Waals surface area contributed by atoms with Crippen molar-refractivity contribution >= 4 is 27.5 Å². The highest BCUT2D eigenvalue weighted by Gasteiger charge is 2.14. The molecule has 0 fully saturated rings. The van der Waals surface area contributed by atoms with E-state index in [1.807, 2.05) is 26.0 Å². The van der Waals surface area contributed by atoms with Crippen LogP contribution in [-0.4, -0.2) is 20.4 Å². The van der Waals surface area contributed by atoms with Crippen LogP contribution in [0.25, 0.3) is 0 Å². The van der Waals surface area contributed by atoms with Gasteiger partial charge in [-0.2, -0.15) is 0 Å². The second-order valence-electron chi connectivity index (χ2n) is 4.63. The van der Waals surface area contributed by atoms with E-state index in [9.17, 15) is 8.42 Å². The summed E-state index contributed by atoms with van der Waals surface area (Å²) >= 11 is 1.35. The van der Waals surface area contributed by atoms with Crippen molar-refractivity contribution in [1.82, 2.24) is 9.71 Å². The summed E-state index contributed by atoms with van der Waals surface area (Å²) in [5, 5.41) is 0.790. The van der Waals surface area contributed by atoms with Gasteiger partial charge in [0.05, 0.1) is 4.90 Å². The Morgan fingerprint density at radius 3 is 2.52 bits per heavy atom. The molecule has 0 atom stereocenters. The Morgan fingerprint density at radius 1 is 1.19 bits per heavy atom. The third-order valence-electron chi connectivity index (χ3n) is 2.85. The topological polar surface area (TPSA) is 85.1 Å². The molecule has 1 aromatic heterocycles. The quantitative estimate of drug-likeness (QED) is 0.844. The molecule has 2 rings (SSSR count). The highest BCUT2D eigenvalue weighted by atomic mass is 32.2. The molecule has 0 amide bonds. The molecule has 1 aromatic carbocycles. The predicted molar refractivity (Wildman–Crippen MR) is 84.9 cm³/mol. The SMILES string of the molecule is CNS(=O)(=O)c1ccc(N)c(Sc2cc(C)cc(C)n2)c1. The van der Waals surface area contributed by atoms with E-state index in [1.165, 1.54) is 24.9 Å². The molecule has 0 unspecified atom stereocenters. The summed E-state index contributed by atoms with van der Waals surface area (Å²) in [6.07, 6.45) is 0. The molecule has 3 N–H and O–H groups in total. The third-order valence-corrected chi connectivity index (χ3v) is 5.26. The molecule has 112 valence electrons. The van der Waals surface area contributed by atoms with Crippen molar-refractivity contribution < 1.29 is 8.42 Å². The zero-order valence-corrected chi connectivity index (χ0v) is 13.7. The van der Waals surface area contributed by atoms with Gasteiger partial charge in [0.1, 0.15) is 5.03 Å². The Labute approximate surface area is 129 Å². The maximum Gasteiger partial charge on any atom is 0.240 e.